The van der Waals surface area contributed by atoms with Crippen LogP contribution in [0.25, 0.3) is 0 Å². The van der Waals surface area contributed by atoms with E-state index in [1.54, 1.807) is 18.2 Å². The Morgan fingerprint density at radius 3 is 2.38 bits per heavy atom. The van der Waals surface area contributed by atoms with Crippen LogP contribution in [0.15, 0.2) is 63.9 Å². The predicted molar refractivity (Wildman–Crippen MR) is 109 cm³/mol. The predicted octanol–water partition coefficient (Wildman–Crippen LogP) is 3.59. The Morgan fingerprint density at radius 1 is 1.03 bits per heavy atom. The Bertz CT molecular complexity index is 1060. The second-order valence-corrected chi connectivity index (χ2v) is 9.11. The second-order valence-electron chi connectivity index (χ2n) is 7.00. The van der Waals surface area contributed by atoms with Crippen molar-refractivity contribution in [2.75, 3.05) is 11.1 Å². The molecule has 152 valence electrons. The molecular formula is C21H23N3O4S. The number of carbonyl (C=O) groups is 1. The summed E-state index contributed by atoms with van der Waals surface area (Å²) < 4.78 is 29.9. The lowest BCUT2D eigenvalue weighted by molar-refractivity contribution is -0.116. The topological polar surface area (TPSA) is 102 Å². The number of hydrogen-bond acceptors (Lipinski definition) is 6. The molecular weight excluding hydrogens is 390 g/mol. The van der Waals surface area contributed by atoms with E-state index in [4.69, 9.17) is 4.42 Å². The van der Waals surface area contributed by atoms with Gasteiger partial charge in [-0.2, -0.15) is 0 Å². The van der Waals surface area contributed by atoms with Gasteiger partial charge in [0.1, 0.15) is 0 Å². The van der Waals surface area contributed by atoms with Gasteiger partial charge in [0.25, 0.3) is 0 Å². The average Bonchev–Trinajstić information content (AvgIpc) is 3.14. The summed E-state index contributed by atoms with van der Waals surface area (Å²) in [7, 11) is -3.52. The number of carbonyl (C=O) groups excluding carboxylic acids is 1. The first-order chi connectivity index (χ1) is 13.8. The van der Waals surface area contributed by atoms with Gasteiger partial charge in [-0.25, -0.2) is 8.42 Å². The molecule has 0 spiro atoms. The van der Waals surface area contributed by atoms with Gasteiger partial charge in [-0.15, -0.1) is 5.10 Å². The highest BCUT2D eigenvalue weighted by atomic mass is 32.2. The molecule has 0 fully saturated rings. The molecule has 3 aromatic rings. The number of rotatable bonds is 8. The van der Waals surface area contributed by atoms with E-state index < -0.39 is 15.7 Å². The molecule has 8 heteroatoms. The van der Waals surface area contributed by atoms with Gasteiger partial charge in [-0.05, 0) is 29.2 Å². The Hall–Kier alpha value is -3.00. The van der Waals surface area contributed by atoms with E-state index in [9.17, 15) is 13.2 Å². The zero-order valence-corrected chi connectivity index (χ0v) is 17.1. The van der Waals surface area contributed by atoms with Crippen molar-refractivity contribution in [1.82, 2.24) is 10.2 Å². The summed E-state index contributed by atoms with van der Waals surface area (Å²) >= 11 is 0. The normalized spacial score (nSPS) is 11.6. The van der Waals surface area contributed by atoms with Crippen LogP contribution in [0.1, 0.15) is 43.2 Å². The third kappa shape index (κ3) is 5.74. The lowest BCUT2D eigenvalue weighted by atomic mass is 10.0. The summed E-state index contributed by atoms with van der Waals surface area (Å²) in [6.07, 6.45) is 0.245. The van der Waals surface area contributed by atoms with Crippen LogP contribution in [0, 0.1) is 0 Å². The van der Waals surface area contributed by atoms with Crippen LogP contribution in [0.5, 0.6) is 0 Å². The monoisotopic (exact) mass is 413 g/mol. The Kier molecular flexibility index (Phi) is 6.43. The van der Waals surface area contributed by atoms with E-state index in [0.29, 0.717) is 18.2 Å². The smallest absolute Gasteiger partial charge is 0.322 e. The fourth-order valence-electron chi connectivity index (χ4n) is 2.73. The van der Waals surface area contributed by atoms with Crippen molar-refractivity contribution in [2.45, 2.75) is 37.5 Å². The minimum Gasteiger partial charge on any atom is -0.407 e. The molecule has 0 aliphatic heterocycles. The summed E-state index contributed by atoms with van der Waals surface area (Å²) in [4.78, 5) is 12.2. The first kappa shape index (κ1) is 20.7. The number of amides is 1. The minimum atomic E-state index is -3.52. The third-order valence-corrected chi connectivity index (χ3v) is 6.15. The molecule has 0 aliphatic carbocycles. The molecule has 2 aromatic carbocycles. The molecule has 1 aromatic heterocycles. The van der Waals surface area contributed by atoms with E-state index in [2.05, 4.69) is 41.5 Å². The summed E-state index contributed by atoms with van der Waals surface area (Å²) in [6.45, 7) is 4.26. The standard InChI is InChI=1S/C21H23N3O4S/c1-15(2)17-10-8-16(9-11-17)14-20-23-24-21(28-20)22-19(25)12-13-29(26,27)18-6-4-3-5-7-18/h3-11,15H,12-14H2,1-2H3,(H,22,24,25). The number of benzene rings is 2. The molecule has 1 N–H and O–H groups in total. The summed E-state index contributed by atoms with van der Waals surface area (Å²) in [6, 6.07) is 16.1. The molecule has 7 nitrogen and oxygen atoms in total. The number of aromatic nitrogens is 2. The van der Waals surface area contributed by atoms with Crippen molar-refractivity contribution in [1.29, 1.82) is 0 Å². The fraction of sp³-hybridized carbons (Fsp3) is 0.286. The molecule has 0 atom stereocenters. The lowest BCUT2D eigenvalue weighted by Gasteiger charge is -2.05. The van der Waals surface area contributed by atoms with Crippen molar-refractivity contribution >= 4 is 21.8 Å². The highest BCUT2D eigenvalue weighted by Crippen LogP contribution is 2.17. The van der Waals surface area contributed by atoms with Crippen molar-refractivity contribution in [3.8, 4) is 0 Å². The molecule has 29 heavy (non-hydrogen) atoms. The number of nitrogens with zero attached hydrogens (tertiary/aromatic N) is 2. The zero-order valence-electron chi connectivity index (χ0n) is 16.3. The number of hydrogen-bond donors (Lipinski definition) is 1. The maximum Gasteiger partial charge on any atom is 0.322 e. The van der Waals surface area contributed by atoms with Crippen molar-refractivity contribution in [2.24, 2.45) is 0 Å². The van der Waals surface area contributed by atoms with Gasteiger partial charge >= 0.3 is 6.01 Å². The van der Waals surface area contributed by atoms with Crippen LogP contribution in [0.3, 0.4) is 0 Å². The van der Waals surface area contributed by atoms with Crippen LogP contribution in [0.2, 0.25) is 0 Å². The molecule has 0 bridgehead atoms. The van der Waals surface area contributed by atoms with Gasteiger partial charge in [-0.1, -0.05) is 61.4 Å². The van der Waals surface area contributed by atoms with E-state index >= 15 is 0 Å². The van der Waals surface area contributed by atoms with Gasteiger partial charge in [0.05, 0.1) is 17.1 Å². The SMILES string of the molecule is CC(C)c1ccc(Cc2nnc(NC(=O)CCS(=O)(=O)c3ccccc3)o2)cc1. The Labute approximate surface area is 170 Å². The highest BCUT2D eigenvalue weighted by Gasteiger charge is 2.17. The van der Waals surface area contributed by atoms with E-state index in [1.165, 1.54) is 17.7 Å². The van der Waals surface area contributed by atoms with Crippen LogP contribution >= 0.6 is 0 Å². The lowest BCUT2D eigenvalue weighted by Crippen LogP contribution is -2.17. The maximum atomic E-state index is 12.2. The van der Waals surface area contributed by atoms with E-state index in [0.717, 1.165) is 5.56 Å². The van der Waals surface area contributed by atoms with Gasteiger partial charge in [0.15, 0.2) is 9.84 Å². The quantitative estimate of drug-likeness (QED) is 0.605. The summed E-state index contributed by atoms with van der Waals surface area (Å²) in [5.74, 6) is 0.0296. The second kappa shape index (κ2) is 9.00. The summed E-state index contributed by atoms with van der Waals surface area (Å²) in [5.41, 5.74) is 2.27. The molecule has 0 aliphatic rings. The molecule has 0 unspecified atom stereocenters. The third-order valence-electron chi connectivity index (χ3n) is 4.42. The Balaban J connectivity index is 1.53. The van der Waals surface area contributed by atoms with Crippen LogP contribution < -0.4 is 5.32 Å². The van der Waals surface area contributed by atoms with Crippen LogP contribution in [-0.2, 0) is 21.1 Å². The summed E-state index contributed by atoms with van der Waals surface area (Å²) in [5, 5.41) is 10.2. The van der Waals surface area contributed by atoms with Crippen molar-refractivity contribution in [3.05, 3.63) is 71.6 Å². The van der Waals surface area contributed by atoms with Gasteiger partial charge < -0.3 is 4.42 Å². The molecule has 1 amide bonds. The largest absolute Gasteiger partial charge is 0.407 e. The Morgan fingerprint density at radius 2 is 1.72 bits per heavy atom. The first-order valence-corrected chi connectivity index (χ1v) is 11.0. The van der Waals surface area contributed by atoms with E-state index in [1.807, 2.05) is 12.1 Å². The molecule has 1 heterocycles. The van der Waals surface area contributed by atoms with Gasteiger partial charge in [0, 0.05) is 6.42 Å². The maximum absolute atomic E-state index is 12.2. The van der Waals surface area contributed by atoms with Gasteiger partial charge in [-0.3, -0.25) is 10.1 Å². The van der Waals surface area contributed by atoms with Crippen LogP contribution in [-0.4, -0.2) is 30.3 Å². The number of anilines is 1. The average molecular weight is 413 g/mol. The number of nitrogens with one attached hydrogen (secondary N) is 1. The van der Waals surface area contributed by atoms with Crippen molar-refractivity contribution < 1.29 is 17.6 Å². The van der Waals surface area contributed by atoms with E-state index in [-0.39, 0.29) is 23.1 Å². The molecule has 0 saturated heterocycles. The zero-order chi connectivity index (χ0) is 20.9. The molecule has 3 rings (SSSR count). The van der Waals surface area contributed by atoms with Gasteiger partial charge in [0.2, 0.25) is 11.8 Å². The molecule has 0 radical (unpaired) electrons. The fourth-order valence-corrected chi connectivity index (χ4v) is 3.99. The molecule has 0 saturated carbocycles. The van der Waals surface area contributed by atoms with Crippen molar-refractivity contribution in [3.63, 3.8) is 0 Å². The highest BCUT2D eigenvalue weighted by molar-refractivity contribution is 7.91. The number of sulfone groups is 1. The van der Waals surface area contributed by atoms with Crippen LogP contribution in [0.4, 0.5) is 6.01 Å². The minimum absolute atomic E-state index is 0.0408. The first-order valence-electron chi connectivity index (χ1n) is 9.32.